The number of hydrogen-bond acceptors (Lipinski definition) is 3. The molecule has 5 nitrogen and oxygen atoms in total. The number of benzene rings is 1. The second kappa shape index (κ2) is 3.09. The zero-order valence-corrected chi connectivity index (χ0v) is 7.83. The molecule has 16 heavy (non-hydrogen) atoms. The first-order chi connectivity index (χ1) is 7.74. The molecule has 0 spiro atoms. The van der Waals surface area contributed by atoms with Gasteiger partial charge < -0.3 is 4.98 Å². The summed E-state index contributed by atoms with van der Waals surface area (Å²) in [6, 6.07) is 2.09. The summed E-state index contributed by atoms with van der Waals surface area (Å²) >= 11 is 0. The molecular weight excluding hydrogens is 216 g/mol. The van der Waals surface area contributed by atoms with Gasteiger partial charge in [-0.05, 0) is 0 Å². The number of aromatic amines is 2. The Balaban J connectivity index is 2.23. The summed E-state index contributed by atoms with van der Waals surface area (Å²) in [4.78, 5) is 6.90. The predicted octanol–water partition coefficient (Wildman–Crippen LogP) is 1.63. The Kier molecular flexibility index (Phi) is 1.73. The van der Waals surface area contributed by atoms with Gasteiger partial charge in [0, 0.05) is 12.1 Å². The molecule has 0 aliphatic rings. The van der Waals surface area contributed by atoms with Crippen LogP contribution in [0, 0.1) is 11.6 Å². The number of hydrogen-bond donors (Lipinski definition) is 2. The van der Waals surface area contributed by atoms with Crippen molar-refractivity contribution < 1.29 is 8.78 Å². The minimum absolute atomic E-state index is 0.344. The van der Waals surface area contributed by atoms with Crippen LogP contribution in [0.3, 0.4) is 0 Å². The SMILES string of the molecule is Fc1cc2nc(-c3cn[nH]n3)[nH]c2cc1F. The molecule has 1 aromatic carbocycles. The van der Waals surface area contributed by atoms with Gasteiger partial charge in [0.1, 0.15) is 5.69 Å². The minimum atomic E-state index is -0.925. The molecule has 7 heteroatoms. The van der Waals surface area contributed by atoms with Crippen LogP contribution in [0.5, 0.6) is 0 Å². The third kappa shape index (κ3) is 1.25. The van der Waals surface area contributed by atoms with Crippen molar-refractivity contribution in [2.45, 2.75) is 0 Å². The van der Waals surface area contributed by atoms with Gasteiger partial charge in [0.25, 0.3) is 0 Å². The van der Waals surface area contributed by atoms with Crippen LogP contribution in [0.2, 0.25) is 0 Å². The first-order valence-electron chi connectivity index (χ1n) is 4.45. The molecule has 0 fully saturated rings. The maximum absolute atomic E-state index is 12.9. The Morgan fingerprint density at radius 1 is 1.12 bits per heavy atom. The van der Waals surface area contributed by atoms with Gasteiger partial charge >= 0.3 is 0 Å². The standard InChI is InChI=1S/C9H5F2N5/c10-4-1-6-7(2-5(4)11)14-9(13-6)8-3-12-16-15-8/h1-3H,(H,13,14)(H,12,15,16). The fourth-order valence-electron chi connectivity index (χ4n) is 1.44. The van der Waals surface area contributed by atoms with E-state index in [1.807, 2.05) is 0 Å². The van der Waals surface area contributed by atoms with Crippen LogP contribution >= 0.6 is 0 Å². The van der Waals surface area contributed by atoms with Gasteiger partial charge in [0.15, 0.2) is 17.5 Å². The van der Waals surface area contributed by atoms with Crippen LogP contribution in [-0.4, -0.2) is 25.4 Å². The van der Waals surface area contributed by atoms with Crippen molar-refractivity contribution in [1.82, 2.24) is 25.4 Å². The molecule has 0 saturated heterocycles. The summed E-state index contributed by atoms with van der Waals surface area (Å²) in [5.41, 5.74) is 1.24. The van der Waals surface area contributed by atoms with E-state index in [1.54, 1.807) is 0 Å². The highest BCUT2D eigenvalue weighted by atomic mass is 19.2. The molecule has 0 atom stereocenters. The number of rotatable bonds is 1. The Hall–Kier alpha value is -2.31. The number of H-pyrrole nitrogens is 2. The first kappa shape index (κ1) is 8.96. The molecule has 0 aliphatic heterocycles. The molecule has 0 radical (unpaired) electrons. The minimum Gasteiger partial charge on any atom is -0.336 e. The lowest BCUT2D eigenvalue weighted by atomic mass is 10.3. The molecule has 80 valence electrons. The molecule has 3 aromatic rings. The zero-order valence-electron chi connectivity index (χ0n) is 7.83. The molecule has 2 heterocycles. The van der Waals surface area contributed by atoms with E-state index in [0.717, 1.165) is 12.1 Å². The average Bonchev–Trinajstić information content (AvgIpc) is 2.86. The maximum Gasteiger partial charge on any atom is 0.161 e. The monoisotopic (exact) mass is 221 g/mol. The van der Waals surface area contributed by atoms with E-state index in [0.29, 0.717) is 22.6 Å². The molecule has 0 saturated carbocycles. The Bertz CT molecular complexity index is 604. The largest absolute Gasteiger partial charge is 0.336 e. The second-order valence-corrected chi connectivity index (χ2v) is 3.22. The summed E-state index contributed by atoms with van der Waals surface area (Å²) in [5.74, 6) is -1.43. The smallest absolute Gasteiger partial charge is 0.161 e. The van der Waals surface area contributed by atoms with Crippen LogP contribution in [0.4, 0.5) is 8.78 Å². The lowest BCUT2D eigenvalue weighted by Crippen LogP contribution is -1.82. The number of imidazole rings is 1. The summed E-state index contributed by atoms with van der Waals surface area (Å²) in [6.07, 6.45) is 1.46. The van der Waals surface area contributed by atoms with Crippen molar-refractivity contribution in [2.75, 3.05) is 0 Å². The number of nitrogens with zero attached hydrogens (tertiary/aromatic N) is 3. The van der Waals surface area contributed by atoms with Gasteiger partial charge in [-0.15, -0.1) is 0 Å². The van der Waals surface area contributed by atoms with Crippen LogP contribution in [0.25, 0.3) is 22.6 Å². The lowest BCUT2D eigenvalue weighted by Gasteiger charge is -1.90. The van der Waals surface area contributed by atoms with E-state index >= 15 is 0 Å². The molecule has 2 N–H and O–H groups in total. The summed E-state index contributed by atoms with van der Waals surface area (Å²) < 4.78 is 25.9. The molecule has 3 rings (SSSR count). The van der Waals surface area contributed by atoms with E-state index in [2.05, 4.69) is 25.4 Å². The Morgan fingerprint density at radius 3 is 2.69 bits per heavy atom. The van der Waals surface area contributed by atoms with Crippen LogP contribution in [0.15, 0.2) is 18.3 Å². The lowest BCUT2D eigenvalue weighted by molar-refractivity contribution is 0.510. The summed E-state index contributed by atoms with van der Waals surface area (Å²) in [6.45, 7) is 0. The quantitative estimate of drug-likeness (QED) is 0.656. The maximum atomic E-state index is 12.9. The highest BCUT2D eigenvalue weighted by molar-refractivity contribution is 5.78. The van der Waals surface area contributed by atoms with Gasteiger partial charge in [0.2, 0.25) is 0 Å². The van der Waals surface area contributed by atoms with Gasteiger partial charge in [0.05, 0.1) is 17.2 Å². The number of halogens is 2. The first-order valence-corrected chi connectivity index (χ1v) is 4.45. The van der Waals surface area contributed by atoms with Crippen LogP contribution in [0.1, 0.15) is 0 Å². The molecular formula is C9H5F2N5. The van der Waals surface area contributed by atoms with Crippen molar-refractivity contribution >= 4 is 11.0 Å². The van der Waals surface area contributed by atoms with Gasteiger partial charge in [-0.2, -0.15) is 15.4 Å². The van der Waals surface area contributed by atoms with E-state index in [1.165, 1.54) is 6.20 Å². The van der Waals surface area contributed by atoms with E-state index in [4.69, 9.17) is 0 Å². The van der Waals surface area contributed by atoms with Gasteiger partial charge in [-0.1, -0.05) is 0 Å². The van der Waals surface area contributed by atoms with Crippen molar-refractivity contribution in [2.24, 2.45) is 0 Å². The van der Waals surface area contributed by atoms with Crippen LogP contribution < -0.4 is 0 Å². The van der Waals surface area contributed by atoms with E-state index in [9.17, 15) is 8.78 Å². The van der Waals surface area contributed by atoms with Crippen LogP contribution in [-0.2, 0) is 0 Å². The summed E-state index contributed by atoms with van der Waals surface area (Å²) in [5, 5.41) is 9.86. The van der Waals surface area contributed by atoms with Crippen molar-refractivity contribution in [3.63, 3.8) is 0 Å². The normalized spacial score (nSPS) is 11.1. The summed E-state index contributed by atoms with van der Waals surface area (Å²) in [7, 11) is 0. The third-order valence-corrected chi connectivity index (χ3v) is 2.18. The van der Waals surface area contributed by atoms with Crippen molar-refractivity contribution in [3.8, 4) is 11.5 Å². The highest BCUT2D eigenvalue weighted by Crippen LogP contribution is 2.20. The zero-order chi connectivity index (χ0) is 11.1. The van der Waals surface area contributed by atoms with Crippen molar-refractivity contribution in [1.29, 1.82) is 0 Å². The van der Waals surface area contributed by atoms with Gasteiger partial charge in [-0.3, -0.25) is 0 Å². The Labute approximate surface area is 87.5 Å². The topological polar surface area (TPSA) is 70.2 Å². The fraction of sp³-hybridized carbons (Fsp3) is 0. The van der Waals surface area contributed by atoms with Crippen molar-refractivity contribution in [3.05, 3.63) is 30.0 Å². The third-order valence-electron chi connectivity index (χ3n) is 2.18. The average molecular weight is 221 g/mol. The fourth-order valence-corrected chi connectivity index (χ4v) is 1.44. The molecule has 0 unspecified atom stereocenters. The predicted molar refractivity (Wildman–Crippen MR) is 51.4 cm³/mol. The van der Waals surface area contributed by atoms with E-state index < -0.39 is 11.6 Å². The molecule has 2 aromatic heterocycles. The molecule has 0 amide bonds. The number of nitrogens with one attached hydrogen (secondary N) is 2. The van der Waals surface area contributed by atoms with E-state index in [-0.39, 0.29) is 0 Å². The molecule has 0 bridgehead atoms. The highest BCUT2D eigenvalue weighted by Gasteiger charge is 2.10. The number of fused-ring (bicyclic) bond motifs is 1. The Morgan fingerprint density at radius 2 is 1.94 bits per heavy atom. The number of aromatic nitrogens is 5. The van der Waals surface area contributed by atoms with Gasteiger partial charge in [-0.25, -0.2) is 13.8 Å². The molecule has 0 aliphatic carbocycles. The second-order valence-electron chi connectivity index (χ2n) is 3.22.